The smallest absolute Gasteiger partial charge is 0.333 e. The van der Waals surface area contributed by atoms with Crippen LogP contribution in [0.1, 0.15) is 26.7 Å². The number of rotatable bonds is 3. The minimum Gasteiger partial charge on any atom is -0.466 e. The zero-order valence-electron chi connectivity index (χ0n) is 6.81. The summed E-state index contributed by atoms with van der Waals surface area (Å²) >= 11 is 0. The molecule has 0 aliphatic heterocycles. The largest absolute Gasteiger partial charge is 0.466 e. The van der Waals surface area contributed by atoms with Gasteiger partial charge in [-0.05, 0) is 13.3 Å². The van der Waals surface area contributed by atoms with Crippen molar-refractivity contribution in [3.63, 3.8) is 0 Å². The molecule has 0 aromatic heterocycles. The predicted molar refractivity (Wildman–Crippen MR) is 40.7 cm³/mol. The molecule has 0 aromatic carbocycles. The summed E-state index contributed by atoms with van der Waals surface area (Å²) in [5, 5.41) is 0. The fraction of sp³-hybridized carbons (Fsp3) is 0.625. The summed E-state index contributed by atoms with van der Waals surface area (Å²) in [6, 6.07) is 0. The normalized spacial score (nSPS) is 11.3. The van der Waals surface area contributed by atoms with Crippen LogP contribution in [-0.2, 0) is 9.53 Å². The average molecular weight is 142 g/mol. The molecule has 0 radical (unpaired) electrons. The molecular formula is C8H14O2. The van der Waals surface area contributed by atoms with Gasteiger partial charge in [0.1, 0.15) is 0 Å². The molecule has 0 bridgehead atoms. The number of esters is 1. The first-order valence-electron chi connectivity index (χ1n) is 3.49. The topological polar surface area (TPSA) is 26.3 Å². The molecule has 0 rings (SSSR count). The van der Waals surface area contributed by atoms with Crippen LogP contribution in [0, 0.1) is 0 Å². The molecule has 0 aromatic rings. The lowest BCUT2D eigenvalue weighted by atomic mass is 10.1. The van der Waals surface area contributed by atoms with Gasteiger partial charge in [-0.3, -0.25) is 0 Å². The molecule has 0 aliphatic rings. The molecule has 0 N–H and O–H groups in total. The van der Waals surface area contributed by atoms with Crippen LogP contribution in [0.3, 0.4) is 0 Å². The molecule has 2 nitrogen and oxygen atoms in total. The van der Waals surface area contributed by atoms with Crippen LogP contribution >= 0.6 is 0 Å². The lowest BCUT2D eigenvalue weighted by molar-refractivity contribution is -0.136. The third-order valence-electron chi connectivity index (χ3n) is 1.32. The van der Waals surface area contributed by atoms with Gasteiger partial charge in [-0.15, -0.1) is 0 Å². The monoisotopic (exact) mass is 142 g/mol. The standard InChI is InChI=1S/C8H14O2/c1-4-6-7(5-2)8(9)10-3/h5H,4,6H2,1-3H3. The Morgan fingerprint density at radius 2 is 2.20 bits per heavy atom. The van der Waals surface area contributed by atoms with Crippen molar-refractivity contribution < 1.29 is 9.53 Å². The molecule has 0 aliphatic carbocycles. The van der Waals surface area contributed by atoms with Gasteiger partial charge in [0, 0.05) is 5.57 Å². The summed E-state index contributed by atoms with van der Waals surface area (Å²) in [7, 11) is 1.40. The summed E-state index contributed by atoms with van der Waals surface area (Å²) < 4.78 is 4.55. The summed E-state index contributed by atoms with van der Waals surface area (Å²) in [6.45, 7) is 3.88. The second kappa shape index (κ2) is 5.03. The van der Waals surface area contributed by atoms with E-state index in [0.717, 1.165) is 18.4 Å². The van der Waals surface area contributed by atoms with Gasteiger partial charge in [0.05, 0.1) is 7.11 Å². The number of carbonyl (C=O) groups is 1. The Hall–Kier alpha value is -0.790. The molecule has 0 heterocycles. The van der Waals surface area contributed by atoms with Crippen molar-refractivity contribution in [3.05, 3.63) is 11.6 Å². The first kappa shape index (κ1) is 9.21. The Bertz CT molecular complexity index is 136. The second-order valence-electron chi connectivity index (χ2n) is 2.06. The lowest BCUT2D eigenvalue weighted by Gasteiger charge is -2.00. The Labute approximate surface area is 61.9 Å². The van der Waals surface area contributed by atoms with Gasteiger partial charge in [-0.25, -0.2) is 4.79 Å². The van der Waals surface area contributed by atoms with Gasteiger partial charge >= 0.3 is 5.97 Å². The zero-order chi connectivity index (χ0) is 7.98. The highest BCUT2D eigenvalue weighted by Gasteiger charge is 2.05. The van der Waals surface area contributed by atoms with Gasteiger partial charge in [0.25, 0.3) is 0 Å². The quantitative estimate of drug-likeness (QED) is 0.444. The Kier molecular flexibility index (Phi) is 4.63. The molecule has 58 valence electrons. The zero-order valence-corrected chi connectivity index (χ0v) is 6.81. The maximum Gasteiger partial charge on any atom is 0.333 e. The molecule has 0 atom stereocenters. The SMILES string of the molecule is CC=C(CCC)C(=O)OC. The van der Waals surface area contributed by atoms with E-state index in [-0.39, 0.29) is 5.97 Å². The Balaban J connectivity index is 3.95. The van der Waals surface area contributed by atoms with E-state index in [1.54, 1.807) is 6.08 Å². The first-order valence-corrected chi connectivity index (χ1v) is 3.49. The van der Waals surface area contributed by atoms with E-state index in [1.807, 2.05) is 13.8 Å². The van der Waals surface area contributed by atoms with Crippen molar-refractivity contribution in [2.75, 3.05) is 7.11 Å². The first-order chi connectivity index (χ1) is 4.76. The van der Waals surface area contributed by atoms with Crippen LogP contribution in [-0.4, -0.2) is 13.1 Å². The Morgan fingerprint density at radius 1 is 1.60 bits per heavy atom. The van der Waals surface area contributed by atoms with E-state index in [1.165, 1.54) is 7.11 Å². The summed E-state index contributed by atoms with van der Waals surface area (Å²) in [5.74, 6) is -0.204. The van der Waals surface area contributed by atoms with E-state index < -0.39 is 0 Å². The molecule has 2 heteroatoms. The van der Waals surface area contributed by atoms with Crippen LogP contribution in [0.5, 0.6) is 0 Å². The summed E-state index contributed by atoms with van der Waals surface area (Å²) in [4.78, 5) is 10.8. The van der Waals surface area contributed by atoms with Crippen molar-refractivity contribution in [1.82, 2.24) is 0 Å². The number of hydrogen-bond donors (Lipinski definition) is 0. The third-order valence-corrected chi connectivity index (χ3v) is 1.32. The fourth-order valence-electron chi connectivity index (χ4n) is 0.765. The fourth-order valence-corrected chi connectivity index (χ4v) is 0.765. The number of ether oxygens (including phenoxy) is 1. The van der Waals surface area contributed by atoms with E-state index in [2.05, 4.69) is 4.74 Å². The van der Waals surface area contributed by atoms with Gasteiger partial charge in [0.2, 0.25) is 0 Å². The van der Waals surface area contributed by atoms with E-state index in [9.17, 15) is 4.79 Å². The molecular weight excluding hydrogens is 128 g/mol. The van der Waals surface area contributed by atoms with Crippen molar-refractivity contribution in [2.45, 2.75) is 26.7 Å². The van der Waals surface area contributed by atoms with Gasteiger partial charge in [-0.1, -0.05) is 19.4 Å². The average Bonchev–Trinajstić information content (AvgIpc) is 1.99. The van der Waals surface area contributed by atoms with Crippen molar-refractivity contribution >= 4 is 5.97 Å². The molecule has 0 saturated heterocycles. The molecule has 0 unspecified atom stereocenters. The van der Waals surface area contributed by atoms with E-state index in [0.29, 0.717) is 0 Å². The van der Waals surface area contributed by atoms with Gasteiger partial charge in [0.15, 0.2) is 0 Å². The van der Waals surface area contributed by atoms with Crippen LogP contribution in [0.15, 0.2) is 11.6 Å². The van der Waals surface area contributed by atoms with E-state index >= 15 is 0 Å². The summed E-state index contributed by atoms with van der Waals surface area (Å²) in [6.07, 6.45) is 3.59. The van der Waals surface area contributed by atoms with Crippen molar-refractivity contribution in [3.8, 4) is 0 Å². The highest BCUT2D eigenvalue weighted by molar-refractivity contribution is 5.88. The number of methoxy groups -OCH3 is 1. The molecule has 0 amide bonds. The lowest BCUT2D eigenvalue weighted by Crippen LogP contribution is -2.03. The molecule has 0 saturated carbocycles. The molecule has 0 fully saturated rings. The second-order valence-corrected chi connectivity index (χ2v) is 2.06. The molecule has 0 spiro atoms. The van der Waals surface area contributed by atoms with Crippen molar-refractivity contribution in [2.24, 2.45) is 0 Å². The van der Waals surface area contributed by atoms with Crippen molar-refractivity contribution in [1.29, 1.82) is 0 Å². The minimum atomic E-state index is -0.204. The number of carbonyl (C=O) groups excluding carboxylic acids is 1. The molecule has 10 heavy (non-hydrogen) atoms. The summed E-state index contributed by atoms with van der Waals surface area (Å²) in [5.41, 5.74) is 0.769. The Morgan fingerprint density at radius 3 is 2.50 bits per heavy atom. The van der Waals surface area contributed by atoms with E-state index in [4.69, 9.17) is 0 Å². The van der Waals surface area contributed by atoms with Gasteiger partial charge < -0.3 is 4.74 Å². The maximum atomic E-state index is 10.8. The van der Waals surface area contributed by atoms with Crippen LogP contribution in [0.2, 0.25) is 0 Å². The third kappa shape index (κ3) is 2.67. The minimum absolute atomic E-state index is 0.204. The van der Waals surface area contributed by atoms with Gasteiger partial charge in [-0.2, -0.15) is 0 Å². The number of hydrogen-bond acceptors (Lipinski definition) is 2. The van der Waals surface area contributed by atoms with Crippen LogP contribution < -0.4 is 0 Å². The highest BCUT2D eigenvalue weighted by atomic mass is 16.5. The van der Waals surface area contributed by atoms with Crippen LogP contribution in [0.25, 0.3) is 0 Å². The number of allylic oxidation sites excluding steroid dienone is 1. The maximum absolute atomic E-state index is 10.8. The van der Waals surface area contributed by atoms with Crippen LogP contribution in [0.4, 0.5) is 0 Å². The predicted octanol–water partition coefficient (Wildman–Crippen LogP) is 1.91. The highest BCUT2D eigenvalue weighted by Crippen LogP contribution is 2.05.